The summed E-state index contributed by atoms with van der Waals surface area (Å²) in [4.78, 5) is 11.4. The second kappa shape index (κ2) is 5.66. The second-order valence-corrected chi connectivity index (χ2v) is 4.18. The molecule has 0 aromatic heterocycles. The monoisotopic (exact) mass is 205 g/mol. The molecule has 0 aliphatic rings. The molecule has 2 nitrogen and oxygen atoms in total. The van der Waals surface area contributed by atoms with E-state index in [0.717, 1.165) is 12.0 Å². The molecule has 0 amide bonds. The van der Waals surface area contributed by atoms with Crippen molar-refractivity contribution in [1.82, 2.24) is 0 Å². The summed E-state index contributed by atoms with van der Waals surface area (Å²) in [7, 11) is 0. The van der Waals surface area contributed by atoms with E-state index in [4.69, 9.17) is 5.73 Å². The molecule has 0 bridgehead atoms. The van der Waals surface area contributed by atoms with Crippen LogP contribution in [0.4, 0.5) is 0 Å². The topological polar surface area (TPSA) is 43.1 Å². The van der Waals surface area contributed by atoms with Gasteiger partial charge in [0, 0.05) is 18.4 Å². The first kappa shape index (κ1) is 11.9. The summed E-state index contributed by atoms with van der Waals surface area (Å²) in [5, 5.41) is 0. The molecule has 1 rings (SSSR count). The minimum Gasteiger partial charge on any atom is -0.324 e. The van der Waals surface area contributed by atoms with E-state index in [2.05, 4.69) is 0 Å². The summed E-state index contributed by atoms with van der Waals surface area (Å²) in [5.74, 6) is 0.411. The molecule has 1 aromatic rings. The molecule has 0 fully saturated rings. The van der Waals surface area contributed by atoms with E-state index in [1.54, 1.807) is 0 Å². The first-order valence-electron chi connectivity index (χ1n) is 5.44. The van der Waals surface area contributed by atoms with Crippen molar-refractivity contribution in [2.45, 2.75) is 32.7 Å². The summed E-state index contributed by atoms with van der Waals surface area (Å²) in [6.45, 7) is 3.85. The van der Waals surface area contributed by atoms with Gasteiger partial charge in [-0.15, -0.1) is 0 Å². The van der Waals surface area contributed by atoms with Gasteiger partial charge in [0.25, 0.3) is 0 Å². The molecule has 0 aliphatic carbocycles. The lowest BCUT2D eigenvalue weighted by Gasteiger charge is -2.12. The fraction of sp³-hybridized carbons (Fsp3) is 0.462. The molecule has 0 saturated heterocycles. The third-order valence-electron chi connectivity index (χ3n) is 2.57. The van der Waals surface area contributed by atoms with Gasteiger partial charge >= 0.3 is 0 Å². The maximum atomic E-state index is 11.4. The molecule has 82 valence electrons. The minimum absolute atomic E-state index is 0.0195. The Bertz CT molecular complexity index is 306. The van der Waals surface area contributed by atoms with E-state index in [1.807, 2.05) is 44.2 Å². The predicted octanol–water partition coefficient (Wildman–Crippen LogP) is 2.69. The highest BCUT2D eigenvalue weighted by atomic mass is 16.1. The van der Waals surface area contributed by atoms with Crippen molar-refractivity contribution in [3.63, 3.8) is 0 Å². The Balaban J connectivity index is 2.44. The van der Waals surface area contributed by atoms with Gasteiger partial charge in [-0.3, -0.25) is 4.79 Å². The largest absolute Gasteiger partial charge is 0.324 e. The number of hydrogen-bond acceptors (Lipinski definition) is 2. The average Bonchev–Trinajstić information content (AvgIpc) is 2.26. The third kappa shape index (κ3) is 3.84. The maximum absolute atomic E-state index is 11.4. The smallest absolute Gasteiger partial charge is 0.135 e. The Morgan fingerprint density at radius 3 is 2.40 bits per heavy atom. The summed E-state index contributed by atoms with van der Waals surface area (Å²) < 4.78 is 0. The van der Waals surface area contributed by atoms with Crippen LogP contribution in [-0.2, 0) is 4.79 Å². The van der Waals surface area contributed by atoms with Gasteiger partial charge in [0.05, 0.1) is 0 Å². The van der Waals surface area contributed by atoms with Gasteiger partial charge in [0.15, 0.2) is 0 Å². The van der Waals surface area contributed by atoms with Crippen LogP contribution in [-0.4, -0.2) is 5.78 Å². The van der Waals surface area contributed by atoms with Gasteiger partial charge < -0.3 is 5.73 Å². The molecule has 1 atom stereocenters. The van der Waals surface area contributed by atoms with Crippen molar-refractivity contribution >= 4 is 5.78 Å². The highest BCUT2D eigenvalue weighted by Crippen LogP contribution is 2.16. The third-order valence-corrected chi connectivity index (χ3v) is 2.57. The average molecular weight is 205 g/mol. The first-order valence-corrected chi connectivity index (χ1v) is 5.44. The molecule has 2 heteroatoms. The number of rotatable bonds is 5. The fourth-order valence-electron chi connectivity index (χ4n) is 1.45. The quantitative estimate of drug-likeness (QED) is 0.803. The number of carbonyl (C=O) groups is 1. The van der Waals surface area contributed by atoms with Crippen LogP contribution < -0.4 is 5.73 Å². The number of carbonyl (C=O) groups excluding carboxylic acids is 1. The van der Waals surface area contributed by atoms with Crippen molar-refractivity contribution in [1.29, 1.82) is 0 Å². The maximum Gasteiger partial charge on any atom is 0.135 e. The van der Waals surface area contributed by atoms with Crippen molar-refractivity contribution in [3.05, 3.63) is 35.9 Å². The Labute approximate surface area is 91.5 Å². The molecule has 0 spiro atoms. The van der Waals surface area contributed by atoms with E-state index in [-0.39, 0.29) is 12.0 Å². The second-order valence-electron chi connectivity index (χ2n) is 4.18. The number of ketones is 1. The molecule has 15 heavy (non-hydrogen) atoms. The standard InChI is InChI=1S/C13H19NO/c1-10(2)13(15)9-8-12(14)11-6-4-3-5-7-11/h3-7,10,12H,8-9,14H2,1-2H3. The van der Waals surface area contributed by atoms with Gasteiger partial charge in [0.1, 0.15) is 5.78 Å². The highest BCUT2D eigenvalue weighted by molar-refractivity contribution is 5.80. The van der Waals surface area contributed by atoms with Crippen LogP contribution in [0.5, 0.6) is 0 Å². The SMILES string of the molecule is CC(C)C(=O)CCC(N)c1ccccc1. The summed E-state index contributed by atoms with van der Waals surface area (Å²) >= 11 is 0. The Hall–Kier alpha value is -1.15. The van der Waals surface area contributed by atoms with Gasteiger partial charge in [-0.1, -0.05) is 44.2 Å². The zero-order valence-corrected chi connectivity index (χ0v) is 9.44. The van der Waals surface area contributed by atoms with Crippen LogP contribution in [0.2, 0.25) is 0 Å². The zero-order chi connectivity index (χ0) is 11.3. The number of nitrogens with two attached hydrogens (primary N) is 1. The van der Waals surface area contributed by atoms with Crippen molar-refractivity contribution in [3.8, 4) is 0 Å². The van der Waals surface area contributed by atoms with Crippen LogP contribution in [0, 0.1) is 5.92 Å². The first-order chi connectivity index (χ1) is 7.11. The minimum atomic E-state index is -0.0195. The van der Waals surface area contributed by atoms with Crippen molar-refractivity contribution in [2.75, 3.05) is 0 Å². The van der Waals surface area contributed by atoms with Crippen LogP contribution in [0.25, 0.3) is 0 Å². The summed E-state index contributed by atoms with van der Waals surface area (Å²) in [5.41, 5.74) is 7.10. The van der Waals surface area contributed by atoms with E-state index < -0.39 is 0 Å². The van der Waals surface area contributed by atoms with E-state index in [9.17, 15) is 4.79 Å². The molecule has 0 radical (unpaired) electrons. The van der Waals surface area contributed by atoms with E-state index in [1.165, 1.54) is 0 Å². The summed E-state index contributed by atoms with van der Waals surface area (Å²) in [6, 6.07) is 9.90. The lowest BCUT2D eigenvalue weighted by atomic mass is 9.98. The fourth-order valence-corrected chi connectivity index (χ4v) is 1.45. The van der Waals surface area contributed by atoms with Gasteiger partial charge in [-0.05, 0) is 12.0 Å². The van der Waals surface area contributed by atoms with Gasteiger partial charge in [-0.25, -0.2) is 0 Å². The van der Waals surface area contributed by atoms with Crippen molar-refractivity contribution < 1.29 is 4.79 Å². The molecule has 1 aromatic carbocycles. The molecular formula is C13H19NO. The van der Waals surface area contributed by atoms with Gasteiger partial charge in [-0.2, -0.15) is 0 Å². The van der Waals surface area contributed by atoms with Crippen LogP contribution >= 0.6 is 0 Å². The van der Waals surface area contributed by atoms with Crippen LogP contribution in [0.15, 0.2) is 30.3 Å². The van der Waals surface area contributed by atoms with E-state index >= 15 is 0 Å². The normalized spacial score (nSPS) is 12.8. The molecule has 0 saturated carbocycles. The highest BCUT2D eigenvalue weighted by Gasteiger charge is 2.11. The molecule has 2 N–H and O–H groups in total. The predicted molar refractivity (Wildman–Crippen MR) is 62.4 cm³/mol. The Kier molecular flexibility index (Phi) is 4.50. The molecular weight excluding hydrogens is 186 g/mol. The zero-order valence-electron chi connectivity index (χ0n) is 9.44. The number of Topliss-reactive ketones (excluding diaryl/α,β-unsaturated/α-hetero) is 1. The molecule has 0 heterocycles. The van der Waals surface area contributed by atoms with Gasteiger partial charge in [0.2, 0.25) is 0 Å². The Morgan fingerprint density at radius 2 is 1.87 bits per heavy atom. The molecule has 1 unspecified atom stereocenters. The van der Waals surface area contributed by atoms with Crippen LogP contribution in [0.3, 0.4) is 0 Å². The Morgan fingerprint density at radius 1 is 1.27 bits per heavy atom. The van der Waals surface area contributed by atoms with Crippen LogP contribution in [0.1, 0.15) is 38.3 Å². The van der Waals surface area contributed by atoms with E-state index in [0.29, 0.717) is 12.2 Å². The number of hydrogen-bond donors (Lipinski definition) is 1. The van der Waals surface area contributed by atoms with Crippen molar-refractivity contribution in [2.24, 2.45) is 11.7 Å². The summed E-state index contributed by atoms with van der Waals surface area (Å²) in [6.07, 6.45) is 1.31. The molecule has 0 aliphatic heterocycles. The lowest BCUT2D eigenvalue weighted by molar-refractivity contribution is -0.122. The number of benzene rings is 1. The lowest BCUT2D eigenvalue weighted by Crippen LogP contribution is -2.14.